The van der Waals surface area contributed by atoms with Crippen molar-refractivity contribution >= 4 is 250 Å². The first-order chi connectivity index (χ1) is 49.4. The van der Waals surface area contributed by atoms with Crippen LogP contribution >= 0.6 is 0 Å². The zero-order chi connectivity index (χ0) is 70.6. The Hall–Kier alpha value is 4.46. The van der Waals surface area contributed by atoms with Gasteiger partial charge in [0.1, 0.15) is 0 Å². The van der Waals surface area contributed by atoms with Crippen LogP contribution in [0.3, 0.4) is 0 Å². The highest BCUT2D eigenvalue weighted by atomic mass is 28.4. The molecule has 0 aliphatic carbocycles. The SMILES string of the molecule is CCCCCCCCCCCCCCCCCCCCCCCCCCCCCCCCCCCCCCCCCCCCCCCCCC[Si]O[Si]O[Si]O[Si]O[Si]O[Si]O[Si]O[Si]O[Si]O[Si]O[Si]O[Si]O[Si]O[Si]O[Si]O[Si]O[Si]O[Si]O[Si]O[Si]O[Si]O[Si]O[Si]O[Si]O[Si]. The Labute approximate surface area is 664 Å². The maximum Gasteiger partial charge on any atom is 0.412 e. The first-order valence-corrected chi connectivity index (χ1v) is 55.2. The van der Waals surface area contributed by atoms with E-state index in [0.717, 1.165) is 6.04 Å². The molecule has 0 atom stereocenters. The number of hydrogen-bond acceptors (Lipinski definition) is 24. The lowest BCUT2D eigenvalue weighted by Gasteiger charge is -2.05. The Morgan fingerprint density at radius 1 is 0.141 bits per heavy atom. The molecule has 0 aromatic carbocycles. The normalized spacial score (nSPS) is 11.8. The van der Waals surface area contributed by atoms with E-state index in [4.69, 9.17) is 94.6 Å². The summed E-state index contributed by atoms with van der Waals surface area (Å²) in [7, 11) is -1.86. The molecule has 0 bridgehead atoms. The predicted molar refractivity (Wildman–Crippen MR) is 402 cm³/mol. The van der Waals surface area contributed by atoms with E-state index in [2.05, 4.69) is 21.5 Å². The van der Waals surface area contributed by atoms with Crippen molar-refractivity contribution in [3.05, 3.63) is 0 Å². The molecule has 0 saturated carbocycles. The fraction of sp³-hybridized carbons (Fsp3) is 1.00. The largest absolute Gasteiger partial charge is 0.435 e. The second-order valence-electron chi connectivity index (χ2n) is 21.9. The van der Waals surface area contributed by atoms with Crippen LogP contribution in [-0.4, -0.2) is 250 Å². The van der Waals surface area contributed by atoms with E-state index in [1.807, 2.05) is 0 Å². The summed E-state index contributed by atoms with van der Waals surface area (Å²) in [6.07, 6.45) is 69.5. The van der Waals surface area contributed by atoms with Gasteiger partial charge in [0.15, 0.2) is 0 Å². The van der Waals surface area contributed by atoms with Gasteiger partial charge in [-0.1, -0.05) is 315 Å². The zero-order valence-corrected chi connectivity index (χ0v) is 82.9. The van der Waals surface area contributed by atoms with E-state index in [0.29, 0.717) is 9.76 Å². The van der Waals surface area contributed by atoms with Crippen LogP contribution < -0.4 is 0 Å². The topological polar surface area (TPSA) is 222 Å². The van der Waals surface area contributed by atoms with Gasteiger partial charge in [0.25, 0.3) is 0 Å². The highest BCUT2D eigenvalue weighted by molar-refractivity contribution is 6.53. The summed E-state index contributed by atoms with van der Waals surface area (Å²) in [6.45, 7) is 2.31. The molecule has 0 aliphatic rings. The molecule has 51 radical (unpaired) electrons. The first-order valence-electron chi connectivity index (χ1n) is 34.9. The molecule has 0 N–H and O–H groups in total. The molecule has 0 heterocycles. The van der Waals surface area contributed by atoms with Gasteiger partial charge in [-0.15, -0.1) is 0 Å². The zero-order valence-electron chi connectivity index (χ0n) is 57.9. The average molecular weight is 1790 g/mol. The van der Waals surface area contributed by atoms with E-state index in [9.17, 15) is 0 Å². The third-order valence-electron chi connectivity index (χ3n) is 14.1. The van der Waals surface area contributed by atoms with E-state index in [1.54, 1.807) is 0 Å². The Bertz CT molecular complexity index is 1330. The molecule has 0 aromatic rings. The van der Waals surface area contributed by atoms with Crippen molar-refractivity contribution in [3.8, 4) is 0 Å². The third kappa shape index (κ3) is 102. The lowest BCUT2D eigenvalue weighted by molar-refractivity contribution is 0.355. The van der Waals surface area contributed by atoms with Crippen molar-refractivity contribution < 1.29 is 98.8 Å². The molecule has 0 aliphatic heterocycles. The number of rotatable bonds is 96. The number of hydrogen-bond donors (Lipinski definition) is 0. The minimum atomic E-state index is -0.268. The highest BCUT2D eigenvalue weighted by Gasteiger charge is 2.10. The Kier molecular flexibility index (Phi) is 107. The van der Waals surface area contributed by atoms with Crippen LogP contribution in [0, 0.1) is 0 Å². The Morgan fingerprint density at radius 2 is 0.253 bits per heavy atom. The molecular formula is C50H101O24Si25. The summed E-state index contributed by atoms with van der Waals surface area (Å²) in [5.74, 6) is 0. The van der Waals surface area contributed by atoms with Crippen LogP contribution in [0.1, 0.15) is 315 Å². The Morgan fingerprint density at radius 3 is 0.384 bits per heavy atom. The van der Waals surface area contributed by atoms with E-state index in [1.165, 1.54) is 308 Å². The summed E-state index contributed by atoms with van der Waals surface area (Å²) >= 11 is 0. The summed E-state index contributed by atoms with van der Waals surface area (Å²) in [6, 6.07) is 1.10. The van der Waals surface area contributed by atoms with Gasteiger partial charge in [0.05, 0.1) is 0 Å². The van der Waals surface area contributed by atoms with Crippen molar-refractivity contribution in [2.24, 2.45) is 0 Å². The lowest BCUT2D eigenvalue weighted by atomic mass is 10.0. The molecule has 0 fully saturated rings. The summed E-state index contributed by atoms with van der Waals surface area (Å²) in [5, 5.41) is 0. The van der Waals surface area contributed by atoms with Gasteiger partial charge in [-0.2, -0.15) is 0 Å². The quantitative estimate of drug-likeness (QED) is 0.0411. The van der Waals surface area contributed by atoms with Crippen molar-refractivity contribution in [3.63, 3.8) is 0 Å². The van der Waals surface area contributed by atoms with E-state index >= 15 is 0 Å². The summed E-state index contributed by atoms with van der Waals surface area (Å²) < 4.78 is 125. The van der Waals surface area contributed by atoms with Crippen LogP contribution in [0.4, 0.5) is 0 Å². The molecule has 0 amide bonds. The molecule has 0 saturated heterocycles. The van der Waals surface area contributed by atoms with Crippen LogP contribution in [0.5, 0.6) is 0 Å². The molecule has 49 heteroatoms. The van der Waals surface area contributed by atoms with Gasteiger partial charge >= 0.3 is 230 Å². The van der Waals surface area contributed by atoms with E-state index < -0.39 is 0 Å². The van der Waals surface area contributed by atoms with E-state index in [-0.39, 0.29) is 230 Å². The average Bonchev–Trinajstić information content (AvgIpc) is 3.64. The fourth-order valence-electron chi connectivity index (χ4n) is 9.34. The standard InChI is InChI=1S/C50H101O24Si25/c1-2-3-4-5-6-7-8-9-10-11-12-13-14-15-16-17-18-19-20-21-22-23-24-25-26-27-28-29-30-31-32-33-34-35-36-37-38-39-40-41-42-43-44-45-46-47-48-49-50-76-52-78-54-80-56-82-58-84-60-86-62-88-64-90-66-92-68-94-70-96-72-98-74-99-73-97-71-95-69-93-67-91-65-89-63-87-61-85-59-83-57-81-55-79-53-77-51-75/h2-50H2,1H3. The van der Waals surface area contributed by atoms with Gasteiger partial charge < -0.3 is 98.8 Å². The molecule has 545 valence electrons. The van der Waals surface area contributed by atoms with Gasteiger partial charge in [0, 0.05) is 0 Å². The Balaban J connectivity index is 3.09. The van der Waals surface area contributed by atoms with Crippen LogP contribution in [-0.2, 0) is 98.8 Å². The molecule has 0 unspecified atom stereocenters. The van der Waals surface area contributed by atoms with Gasteiger partial charge in [-0.3, -0.25) is 0 Å². The maximum absolute atomic E-state index is 5.63. The maximum atomic E-state index is 5.63. The van der Waals surface area contributed by atoms with Crippen LogP contribution in [0.15, 0.2) is 0 Å². The smallest absolute Gasteiger partial charge is 0.412 e. The minimum absolute atomic E-state index is 0.0149. The van der Waals surface area contributed by atoms with Crippen LogP contribution in [0.25, 0.3) is 0 Å². The molecule has 0 rings (SSSR count). The van der Waals surface area contributed by atoms with Crippen molar-refractivity contribution in [1.82, 2.24) is 0 Å². The first kappa shape index (κ1) is 103. The predicted octanol–water partition coefficient (Wildman–Crippen LogP) is 8.54. The third-order valence-corrected chi connectivity index (χ3v) is 30.6. The van der Waals surface area contributed by atoms with Gasteiger partial charge in [0.2, 0.25) is 20.2 Å². The van der Waals surface area contributed by atoms with Crippen molar-refractivity contribution in [2.45, 2.75) is 321 Å². The molecule has 24 nitrogen and oxygen atoms in total. The molecule has 0 aromatic heterocycles. The number of unbranched alkanes of at least 4 members (excludes halogenated alkanes) is 47. The fourth-order valence-corrected chi connectivity index (χ4v) is 25.8. The van der Waals surface area contributed by atoms with Crippen LogP contribution in [0.2, 0.25) is 6.04 Å². The van der Waals surface area contributed by atoms with Crippen molar-refractivity contribution in [2.75, 3.05) is 0 Å². The minimum Gasteiger partial charge on any atom is -0.435 e. The second kappa shape index (κ2) is 102. The second-order valence-corrected chi connectivity index (χ2v) is 46.1. The lowest BCUT2D eigenvalue weighted by Crippen LogP contribution is -2.23. The van der Waals surface area contributed by atoms with Crippen molar-refractivity contribution in [1.29, 1.82) is 0 Å². The summed E-state index contributed by atoms with van der Waals surface area (Å²) in [4.78, 5) is 0. The van der Waals surface area contributed by atoms with Gasteiger partial charge in [-0.05, 0) is 6.04 Å². The molecular weight excluding hydrogens is 1690 g/mol. The summed E-state index contributed by atoms with van der Waals surface area (Å²) in [5.41, 5.74) is 0. The molecule has 99 heavy (non-hydrogen) atoms. The monoisotopic (exact) mass is 1790 g/mol. The molecule has 0 spiro atoms. The highest BCUT2D eigenvalue weighted by Crippen LogP contribution is 2.19. The van der Waals surface area contributed by atoms with Gasteiger partial charge in [-0.25, -0.2) is 0 Å².